The van der Waals surface area contributed by atoms with Crippen molar-refractivity contribution in [2.75, 3.05) is 18.1 Å². The molecule has 3 rings (SSSR count). The minimum absolute atomic E-state index is 0.0686. The lowest BCUT2D eigenvalue weighted by Crippen LogP contribution is -2.51. The van der Waals surface area contributed by atoms with E-state index in [0.717, 1.165) is 30.8 Å². The Bertz CT molecular complexity index is 372. The maximum Gasteiger partial charge on any atom is 0.391 e. The van der Waals surface area contributed by atoms with Gasteiger partial charge in [0.2, 0.25) is 0 Å². The van der Waals surface area contributed by atoms with E-state index >= 15 is 0 Å². The van der Waals surface area contributed by atoms with Crippen molar-refractivity contribution in [1.29, 1.82) is 0 Å². The Balaban J connectivity index is 1.63. The maximum atomic E-state index is 12.8. The highest BCUT2D eigenvalue weighted by atomic mass is 32.2. The van der Waals surface area contributed by atoms with Gasteiger partial charge >= 0.3 is 6.18 Å². The zero-order valence-electron chi connectivity index (χ0n) is 12.1. The number of halogens is 3. The summed E-state index contributed by atoms with van der Waals surface area (Å²) in [6.45, 7) is 0.635. The molecular formula is C15H23F3O2S. The van der Waals surface area contributed by atoms with Gasteiger partial charge in [-0.25, -0.2) is 0 Å². The third-order valence-electron chi connectivity index (χ3n) is 5.63. The number of rotatable bonds is 1. The highest BCUT2D eigenvalue weighted by molar-refractivity contribution is 7.99. The van der Waals surface area contributed by atoms with E-state index in [9.17, 15) is 18.3 Å². The number of hydrogen-bond acceptors (Lipinski definition) is 3. The Labute approximate surface area is 127 Å². The topological polar surface area (TPSA) is 29.5 Å². The lowest BCUT2D eigenvalue weighted by molar-refractivity contribution is -0.203. The van der Waals surface area contributed by atoms with E-state index in [1.165, 1.54) is 0 Å². The van der Waals surface area contributed by atoms with E-state index in [-0.39, 0.29) is 37.2 Å². The molecule has 1 spiro atoms. The Morgan fingerprint density at radius 2 is 1.81 bits per heavy atom. The van der Waals surface area contributed by atoms with E-state index in [2.05, 4.69) is 0 Å². The maximum absolute atomic E-state index is 12.8. The SMILES string of the molecule is OC1(C2CCOC3(CCSC3)C2)CCC(C(F)(F)F)CC1. The molecule has 0 aromatic rings. The van der Waals surface area contributed by atoms with Crippen LogP contribution in [0.4, 0.5) is 13.2 Å². The van der Waals surface area contributed by atoms with Gasteiger partial charge in [0.1, 0.15) is 0 Å². The number of hydrogen-bond donors (Lipinski definition) is 1. The molecule has 0 aromatic carbocycles. The summed E-state index contributed by atoms with van der Waals surface area (Å²) >= 11 is 1.88. The lowest BCUT2D eigenvalue weighted by atomic mass is 9.67. The summed E-state index contributed by atoms with van der Waals surface area (Å²) in [6, 6.07) is 0. The molecule has 2 nitrogen and oxygen atoms in total. The summed E-state index contributed by atoms with van der Waals surface area (Å²) in [5.74, 6) is 0.916. The summed E-state index contributed by atoms with van der Waals surface area (Å²) in [6.07, 6.45) is -0.809. The lowest BCUT2D eigenvalue weighted by Gasteiger charge is -2.47. The second kappa shape index (κ2) is 5.60. The van der Waals surface area contributed by atoms with Crippen LogP contribution in [0.3, 0.4) is 0 Å². The second-order valence-electron chi connectivity index (χ2n) is 6.94. The molecule has 1 saturated carbocycles. The largest absolute Gasteiger partial charge is 0.391 e. The Kier molecular flexibility index (Phi) is 4.25. The van der Waals surface area contributed by atoms with Gasteiger partial charge in [-0.15, -0.1) is 0 Å². The molecule has 2 unspecified atom stereocenters. The summed E-state index contributed by atoms with van der Waals surface area (Å²) in [5.41, 5.74) is -1.03. The van der Waals surface area contributed by atoms with Gasteiger partial charge in [-0.2, -0.15) is 24.9 Å². The van der Waals surface area contributed by atoms with Crippen LogP contribution in [-0.4, -0.2) is 40.6 Å². The summed E-state index contributed by atoms with van der Waals surface area (Å²) in [4.78, 5) is 0. The first-order chi connectivity index (χ1) is 9.83. The van der Waals surface area contributed by atoms with Crippen molar-refractivity contribution < 1.29 is 23.0 Å². The van der Waals surface area contributed by atoms with E-state index in [4.69, 9.17) is 4.74 Å². The fourth-order valence-corrected chi connectivity index (χ4v) is 5.58. The minimum Gasteiger partial charge on any atom is -0.390 e. The van der Waals surface area contributed by atoms with Crippen LogP contribution >= 0.6 is 11.8 Å². The van der Waals surface area contributed by atoms with Crippen molar-refractivity contribution >= 4 is 11.8 Å². The molecule has 0 radical (unpaired) electrons. The highest BCUT2D eigenvalue weighted by Gasteiger charge is 2.51. The summed E-state index contributed by atoms with van der Waals surface area (Å²) in [5, 5.41) is 10.9. The first-order valence-electron chi connectivity index (χ1n) is 7.84. The molecule has 122 valence electrons. The minimum atomic E-state index is -4.11. The van der Waals surface area contributed by atoms with Crippen molar-refractivity contribution in [2.24, 2.45) is 11.8 Å². The third-order valence-corrected chi connectivity index (χ3v) is 6.86. The van der Waals surface area contributed by atoms with Crippen LogP contribution in [0.25, 0.3) is 0 Å². The van der Waals surface area contributed by atoms with Crippen LogP contribution in [0.5, 0.6) is 0 Å². The molecule has 2 saturated heterocycles. The molecular weight excluding hydrogens is 301 g/mol. The van der Waals surface area contributed by atoms with E-state index < -0.39 is 17.7 Å². The molecule has 2 aliphatic heterocycles. The van der Waals surface area contributed by atoms with Crippen LogP contribution in [-0.2, 0) is 4.74 Å². The van der Waals surface area contributed by atoms with Gasteiger partial charge in [0.15, 0.2) is 0 Å². The monoisotopic (exact) mass is 324 g/mol. The molecule has 3 fully saturated rings. The number of ether oxygens (including phenoxy) is 1. The molecule has 21 heavy (non-hydrogen) atoms. The van der Waals surface area contributed by atoms with E-state index in [0.29, 0.717) is 6.61 Å². The molecule has 1 aliphatic carbocycles. The molecule has 1 N–H and O–H groups in total. The van der Waals surface area contributed by atoms with Gasteiger partial charge in [-0.1, -0.05) is 0 Å². The van der Waals surface area contributed by atoms with Crippen molar-refractivity contribution in [3.05, 3.63) is 0 Å². The average Bonchev–Trinajstić information content (AvgIpc) is 2.86. The molecule has 2 atom stereocenters. The standard InChI is InChI=1S/C15H23F3O2S/c16-15(17,18)11-1-4-14(19,5-2-11)12-3-7-20-13(9-12)6-8-21-10-13/h11-12,19H,1-10H2. The van der Waals surface area contributed by atoms with E-state index in [1.807, 2.05) is 11.8 Å². The predicted molar refractivity (Wildman–Crippen MR) is 76.3 cm³/mol. The molecule has 6 heteroatoms. The van der Waals surface area contributed by atoms with Gasteiger partial charge in [-0.3, -0.25) is 0 Å². The molecule has 0 amide bonds. The van der Waals surface area contributed by atoms with Gasteiger partial charge in [0.05, 0.1) is 17.1 Å². The zero-order valence-corrected chi connectivity index (χ0v) is 12.9. The van der Waals surface area contributed by atoms with Gasteiger partial charge in [0.25, 0.3) is 0 Å². The first kappa shape index (κ1) is 15.9. The van der Waals surface area contributed by atoms with Crippen LogP contribution in [0.1, 0.15) is 44.9 Å². The quantitative estimate of drug-likeness (QED) is 0.796. The molecule has 0 aromatic heterocycles. The highest BCUT2D eigenvalue weighted by Crippen LogP contribution is 2.49. The fraction of sp³-hybridized carbons (Fsp3) is 1.00. The van der Waals surface area contributed by atoms with Crippen molar-refractivity contribution in [2.45, 2.75) is 62.3 Å². The fourth-order valence-electron chi connectivity index (χ4n) is 4.20. The Morgan fingerprint density at radius 3 is 2.38 bits per heavy atom. The van der Waals surface area contributed by atoms with Crippen molar-refractivity contribution in [1.82, 2.24) is 0 Å². The Morgan fingerprint density at radius 1 is 1.10 bits per heavy atom. The van der Waals surface area contributed by atoms with Crippen LogP contribution in [0, 0.1) is 11.8 Å². The first-order valence-corrected chi connectivity index (χ1v) is 8.99. The smallest absolute Gasteiger partial charge is 0.390 e. The number of alkyl halides is 3. The average molecular weight is 324 g/mol. The number of thioether (sulfide) groups is 1. The summed E-state index contributed by atoms with van der Waals surface area (Å²) < 4.78 is 44.3. The predicted octanol–water partition coefficient (Wildman–Crippen LogP) is 3.77. The number of aliphatic hydroxyl groups is 1. The summed E-state index contributed by atoms with van der Waals surface area (Å²) in [7, 11) is 0. The molecule has 3 aliphatic rings. The van der Waals surface area contributed by atoms with Crippen molar-refractivity contribution in [3.63, 3.8) is 0 Å². The second-order valence-corrected chi connectivity index (χ2v) is 8.05. The normalized spacial score (nSPS) is 45.1. The molecule has 2 heterocycles. The van der Waals surface area contributed by atoms with Gasteiger partial charge in [0, 0.05) is 12.4 Å². The van der Waals surface area contributed by atoms with Crippen LogP contribution < -0.4 is 0 Å². The zero-order chi connectivity index (χ0) is 15.1. The molecule has 0 bridgehead atoms. The van der Waals surface area contributed by atoms with Gasteiger partial charge in [-0.05, 0) is 56.6 Å². The van der Waals surface area contributed by atoms with E-state index in [1.54, 1.807) is 0 Å². The van der Waals surface area contributed by atoms with Crippen LogP contribution in [0.2, 0.25) is 0 Å². The van der Waals surface area contributed by atoms with Crippen LogP contribution in [0.15, 0.2) is 0 Å². The third kappa shape index (κ3) is 3.22. The van der Waals surface area contributed by atoms with Crippen molar-refractivity contribution in [3.8, 4) is 0 Å². The van der Waals surface area contributed by atoms with Gasteiger partial charge < -0.3 is 9.84 Å². The Hall–Kier alpha value is 0.0600.